The van der Waals surface area contributed by atoms with Crippen molar-refractivity contribution in [3.63, 3.8) is 0 Å². The average Bonchev–Trinajstić information content (AvgIpc) is 2.84. The Morgan fingerprint density at radius 1 is 1.24 bits per heavy atom. The summed E-state index contributed by atoms with van der Waals surface area (Å²) in [5, 5.41) is 21.4. The monoisotopic (exact) mass is 233 g/mol. The van der Waals surface area contributed by atoms with Crippen LogP contribution in [0.2, 0.25) is 0 Å². The molecular formula is C9H7N5O3. The number of carbonyl (C=O) groups excluding carboxylic acids is 1. The molecule has 86 valence electrons. The molecule has 0 saturated carbocycles. The van der Waals surface area contributed by atoms with Gasteiger partial charge < -0.3 is 5.11 Å². The van der Waals surface area contributed by atoms with E-state index in [2.05, 4.69) is 20.6 Å². The Morgan fingerprint density at radius 3 is 2.47 bits per heavy atom. The number of amides is 1. The topological polar surface area (TPSA) is 112 Å². The van der Waals surface area contributed by atoms with Gasteiger partial charge in [0, 0.05) is 0 Å². The Bertz CT molecular complexity index is 525. The molecule has 17 heavy (non-hydrogen) atoms. The lowest BCUT2D eigenvalue weighted by atomic mass is 10.3. The summed E-state index contributed by atoms with van der Waals surface area (Å²) in [7, 11) is 0. The Morgan fingerprint density at radius 2 is 1.94 bits per heavy atom. The molecule has 0 aliphatic heterocycles. The number of anilines is 2. The minimum atomic E-state index is -1.60. The predicted molar refractivity (Wildman–Crippen MR) is 55.4 cm³/mol. The molecule has 0 aliphatic rings. The van der Waals surface area contributed by atoms with Crippen LogP contribution in [0.4, 0.5) is 11.6 Å². The Hall–Kier alpha value is -2.77. The lowest BCUT2D eigenvalue weighted by Crippen LogP contribution is -2.33. The molecule has 8 heteroatoms. The second-order valence-corrected chi connectivity index (χ2v) is 2.99. The fraction of sp³-hybridized carbons (Fsp3) is 0. The van der Waals surface area contributed by atoms with Crippen LogP contribution in [0.25, 0.3) is 0 Å². The molecule has 0 saturated heterocycles. The second-order valence-electron chi connectivity index (χ2n) is 2.99. The molecule has 2 aromatic rings. The number of hydrogen-bond acceptors (Lipinski definition) is 5. The van der Waals surface area contributed by atoms with E-state index >= 15 is 0 Å². The van der Waals surface area contributed by atoms with E-state index in [0.717, 1.165) is 4.90 Å². The summed E-state index contributed by atoms with van der Waals surface area (Å²) in [6, 6.07) is 8.20. The summed E-state index contributed by atoms with van der Waals surface area (Å²) in [5.74, 6) is -2.88. The molecule has 0 bridgehead atoms. The SMILES string of the molecule is O=C(O)C(=O)N(c1ccccc1)c1nn[nH]n1. The quantitative estimate of drug-likeness (QED) is 0.703. The third kappa shape index (κ3) is 2.09. The summed E-state index contributed by atoms with van der Waals surface area (Å²) in [5.41, 5.74) is 0.348. The van der Waals surface area contributed by atoms with Crippen molar-refractivity contribution in [3.05, 3.63) is 30.3 Å². The van der Waals surface area contributed by atoms with Crippen LogP contribution in [0.3, 0.4) is 0 Å². The number of hydrogen-bond donors (Lipinski definition) is 2. The minimum absolute atomic E-state index is 0.122. The predicted octanol–water partition coefficient (Wildman–Crippen LogP) is -0.0510. The molecule has 0 unspecified atom stereocenters. The van der Waals surface area contributed by atoms with Crippen molar-refractivity contribution in [1.82, 2.24) is 20.6 Å². The molecule has 0 aliphatic carbocycles. The smallest absolute Gasteiger partial charge is 0.395 e. The number of aromatic nitrogens is 4. The zero-order valence-electron chi connectivity index (χ0n) is 8.44. The number of benzene rings is 1. The van der Waals surface area contributed by atoms with Crippen LogP contribution in [0, 0.1) is 0 Å². The van der Waals surface area contributed by atoms with Crippen LogP contribution in [0.5, 0.6) is 0 Å². The highest BCUT2D eigenvalue weighted by atomic mass is 16.4. The van der Waals surface area contributed by atoms with Gasteiger partial charge >= 0.3 is 11.9 Å². The van der Waals surface area contributed by atoms with E-state index < -0.39 is 11.9 Å². The lowest BCUT2D eigenvalue weighted by Gasteiger charge is -2.15. The first kappa shape index (κ1) is 10.7. The molecule has 2 N–H and O–H groups in total. The van der Waals surface area contributed by atoms with E-state index in [1.807, 2.05) is 0 Å². The van der Waals surface area contributed by atoms with Crippen LogP contribution in [0.1, 0.15) is 0 Å². The van der Waals surface area contributed by atoms with Crippen LogP contribution < -0.4 is 4.90 Å². The highest BCUT2D eigenvalue weighted by Crippen LogP contribution is 2.20. The van der Waals surface area contributed by atoms with Gasteiger partial charge in [-0.15, -0.1) is 5.10 Å². The number of para-hydroxylation sites is 1. The van der Waals surface area contributed by atoms with E-state index in [-0.39, 0.29) is 5.95 Å². The molecule has 0 radical (unpaired) electrons. The first-order valence-electron chi connectivity index (χ1n) is 4.56. The number of carbonyl (C=O) groups is 2. The molecule has 1 heterocycles. The van der Waals surface area contributed by atoms with Crippen molar-refractivity contribution in [3.8, 4) is 0 Å². The summed E-state index contributed by atoms with van der Waals surface area (Å²) < 4.78 is 0. The van der Waals surface area contributed by atoms with Gasteiger partial charge in [0.25, 0.3) is 5.95 Å². The number of aliphatic carboxylic acids is 1. The fourth-order valence-electron chi connectivity index (χ4n) is 1.25. The van der Waals surface area contributed by atoms with Gasteiger partial charge in [-0.05, 0) is 17.3 Å². The largest absolute Gasteiger partial charge is 0.474 e. The minimum Gasteiger partial charge on any atom is -0.474 e. The van der Waals surface area contributed by atoms with Crippen LogP contribution in [-0.2, 0) is 9.59 Å². The average molecular weight is 233 g/mol. The van der Waals surface area contributed by atoms with Gasteiger partial charge in [-0.2, -0.15) is 5.21 Å². The molecule has 8 nitrogen and oxygen atoms in total. The van der Waals surface area contributed by atoms with Crippen molar-refractivity contribution < 1.29 is 14.7 Å². The molecular weight excluding hydrogens is 226 g/mol. The van der Waals surface area contributed by atoms with Crippen molar-refractivity contribution in [2.75, 3.05) is 4.90 Å². The third-order valence-corrected chi connectivity index (χ3v) is 1.93. The third-order valence-electron chi connectivity index (χ3n) is 1.93. The molecule has 0 atom stereocenters. The summed E-state index contributed by atoms with van der Waals surface area (Å²) in [4.78, 5) is 23.1. The fourth-order valence-corrected chi connectivity index (χ4v) is 1.25. The number of carboxylic acid groups (broad SMARTS) is 1. The number of rotatable bonds is 2. The standard InChI is InChI=1S/C9H7N5O3/c15-7(8(16)17)14(9-10-12-13-11-9)6-4-2-1-3-5-6/h1-5H,(H,16,17)(H,10,11,12,13). The molecule has 0 fully saturated rings. The molecule has 2 rings (SSSR count). The molecule has 1 amide bonds. The van der Waals surface area contributed by atoms with E-state index in [1.54, 1.807) is 30.3 Å². The lowest BCUT2D eigenvalue weighted by molar-refractivity contribution is -0.148. The maximum atomic E-state index is 11.5. The zero-order valence-corrected chi connectivity index (χ0v) is 8.44. The number of aromatic amines is 1. The molecule has 1 aromatic heterocycles. The molecule has 1 aromatic carbocycles. The van der Waals surface area contributed by atoms with E-state index in [0.29, 0.717) is 5.69 Å². The van der Waals surface area contributed by atoms with Gasteiger partial charge in [0.05, 0.1) is 5.69 Å². The Labute approximate surface area is 94.9 Å². The van der Waals surface area contributed by atoms with E-state index in [1.165, 1.54) is 0 Å². The zero-order chi connectivity index (χ0) is 12.3. The Balaban J connectivity index is 2.45. The first-order chi connectivity index (χ1) is 8.20. The number of carboxylic acids is 1. The second kappa shape index (κ2) is 4.39. The maximum Gasteiger partial charge on any atom is 0.395 e. The maximum absolute atomic E-state index is 11.5. The highest BCUT2D eigenvalue weighted by molar-refractivity contribution is 6.38. The van der Waals surface area contributed by atoms with Gasteiger partial charge in [-0.1, -0.05) is 23.3 Å². The number of H-pyrrole nitrogens is 1. The number of tetrazole rings is 1. The van der Waals surface area contributed by atoms with Gasteiger partial charge in [-0.25, -0.2) is 9.69 Å². The van der Waals surface area contributed by atoms with Crippen molar-refractivity contribution in [2.45, 2.75) is 0 Å². The van der Waals surface area contributed by atoms with E-state index in [4.69, 9.17) is 5.11 Å². The van der Waals surface area contributed by atoms with Crippen LogP contribution in [0.15, 0.2) is 30.3 Å². The van der Waals surface area contributed by atoms with Crippen molar-refractivity contribution in [2.24, 2.45) is 0 Å². The molecule has 0 spiro atoms. The van der Waals surface area contributed by atoms with Gasteiger partial charge in [0.15, 0.2) is 0 Å². The van der Waals surface area contributed by atoms with Gasteiger partial charge in [-0.3, -0.25) is 4.79 Å². The van der Waals surface area contributed by atoms with Crippen molar-refractivity contribution >= 4 is 23.5 Å². The van der Waals surface area contributed by atoms with Crippen LogP contribution in [-0.4, -0.2) is 37.6 Å². The van der Waals surface area contributed by atoms with E-state index in [9.17, 15) is 9.59 Å². The van der Waals surface area contributed by atoms with Crippen molar-refractivity contribution in [1.29, 1.82) is 0 Å². The first-order valence-corrected chi connectivity index (χ1v) is 4.56. The highest BCUT2D eigenvalue weighted by Gasteiger charge is 2.27. The van der Waals surface area contributed by atoms with Crippen LogP contribution >= 0.6 is 0 Å². The normalized spacial score (nSPS) is 9.88. The van der Waals surface area contributed by atoms with Gasteiger partial charge in [0.1, 0.15) is 0 Å². The summed E-state index contributed by atoms with van der Waals surface area (Å²) in [6.07, 6.45) is 0. The number of nitrogens with zero attached hydrogens (tertiary/aromatic N) is 4. The Kier molecular flexibility index (Phi) is 2.77. The van der Waals surface area contributed by atoms with Gasteiger partial charge in [0.2, 0.25) is 0 Å². The summed E-state index contributed by atoms with van der Waals surface area (Å²) in [6.45, 7) is 0. The summed E-state index contributed by atoms with van der Waals surface area (Å²) >= 11 is 0. The number of nitrogens with one attached hydrogen (secondary N) is 1.